The summed E-state index contributed by atoms with van der Waals surface area (Å²) in [6.45, 7) is 4.43. The minimum absolute atomic E-state index is 0.651. The monoisotopic (exact) mass is 181 g/mol. The summed E-state index contributed by atoms with van der Waals surface area (Å²) < 4.78 is 0. The van der Waals surface area contributed by atoms with Crippen LogP contribution in [0.3, 0.4) is 0 Å². The molecule has 1 heterocycles. The Balaban J connectivity index is 2.66. The third kappa shape index (κ3) is 2.52. The standard InChI is InChI=1S/C10H15NS/c1-3-10(12-4-2)9-5-7-11-8-6-9/h5-8,10H,3-4H2,1-2H3. The Morgan fingerprint density at radius 2 is 2.00 bits per heavy atom. The molecule has 0 N–H and O–H groups in total. The Morgan fingerprint density at radius 3 is 2.50 bits per heavy atom. The molecule has 0 saturated carbocycles. The van der Waals surface area contributed by atoms with Crippen molar-refractivity contribution < 1.29 is 0 Å². The Hall–Kier alpha value is -0.500. The molecule has 1 unspecified atom stereocenters. The molecule has 0 spiro atoms. The number of pyridine rings is 1. The predicted molar refractivity (Wildman–Crippen MR) is 55.4 cm³/mol. The molecule has 0 aliphatic carbocycles. The van der Waals surface area contributed by atoms with Crippen molar-refractivity contribution >= 4 is 11.8 Å². The van der Waals surface area contributed by atoms with Crippen LogP contribution in [-0.2, 0) is 0 Å². The molecule has 0 bridgehead atoms. The van der Waals surface area contributed by atoms with Gasteiger partial charge in [0.05, 0.1) is 0 Å². The Labute approximate surface area is 78.6 Å². The number of thioether (sulfide) groups is 1. The van der Waals surface area contributed by atoms with E-state index in [4.69, 9.17) is 0 Å². The van der Waals surface area contributed by atoms with E-state index in [2.05, 4.69) is 31.0 Å². The highest BCUT2D eigenvalue weighted by molar-refractivity contribution is 7.99. The Bertz CT molecular complexity index is 210. The molecule has 1 rings (SSSR count). The van der Waals surface area contributed by atoms with E-state index >= 15 is 0 Å². The molecule has 0 aliphatic heterocycles. The van der Waals surface area contributed by atoms with Crippen LogP contribution in [0.4, 0.5) is 0 Å². The minimum Gasteiger partial charge on any atom is -0.265 e. The van der Waals surface area contributed by atoms with Crippen LogP contribution >= 0.6 is 11.8 Å². The van der Waals surface area contributed by atoms with Gasteiger partial charge in [0, 0.05) is 17.6 Å². The number of rotatable bonds is 4. The molecule has 1 atom stereocenters. The fraction of sp³-hybridized carbons (Fsp3) is 0.500. The lowest BCUT2D eigenvalue weighted by atomic mass is 10.1. The first-order valence-electron chi connectivity index (χ1n) is 4.40. The first-order chi connectivity index (χ1) is 5.88. The van der Waals surface area contributed by atoms with Crippen LogP contribution in [0, 0.1) is 0 Å². The van der Waals surface area contributed by atoms with Gasteiger partial charge in [0.25, 0.3) is 0 Å². The molecule has 0 amide bonds. The molecule has 1 aromatic heterocycles. The largest absolute Gasteiger partial charge is 0.265 e. The lowest BCUT2D eigenvalue weighted by Crippen LogP contribution is -1.92. The van der Waals surface area contributed by atoms with Crippen molar-refractivity contribution in [1.29, 1.82) is 0 Å². The lowest BCUT2D eigenvalue weighted by Gasteiger charge is -2.12. The van der Waals surface area contributed by atoms with E-state index in [-0.39, 0.29) is 0 Å². The summed E-state index contributed by atoms with van der Waals surface area (Å²) in [4.78, 5) is 4.01. The van der Waals surface area contributed by atoms with Crippen molar-refractivity contribution in [2.24, 2.45) is 0 Å². The Kier molecular flexibility index (Phi) is 4.15. The molecule has 1 aromatic rings. The van der Waals surface area contributed by atoms with Gasteiger partial charge in [-0.3, -0.25) is 4.98 Å². The third-order valence-corrected chi connectivity index (χ3v) is 3.16. The van der Waals surface area contributed by atoms with E-state index in [1.807, 2.05) is 24.2 Å². The first-order valence-corrected chi connectivity index (χ1v) is 5.44. The first kappa shape index (κ1) is 9.59. The molecule has 0 radical (unpaired) electrons. The highest BCUT2D eigenvalue weighted by atomic mass is 32.2. The molecule has 12 heavy (non-hydrogen) atoms. The van der Waals surface area contributed by atoms with E-state index in [0.717, 1.165) is 0 Å². The van der Waals surface area contributed by atoms with Gasteiger partial charge < -0.3 is 0 Å². The van der Waals surface area contributed by atoms with Crippen LogP contribution in [-0.4, -0.2) is 10.7 Å². The third-order valence-electron chi connectivity index (χ3n) is 1.82. The highest BCUT2D eigenvalue weighted by Crippen LogP contribution is 2.30. The smallest absolute Gasteiger partial charge is 0.0295 e. The van der Waals surface area contributed by atoms with Crippen molar-refractivity contribution in [3.05, 3.63) is 30.1 Å². The molecule has 0 fully saturated rings. The minimum atomic E-state index is 0.651. The zero-order chi connectivity index (χ0) is 8.81. The summed E-state index contributed by atoms with van der Waals surface area (Å²) in [6, 6.07) is 4.22. The second kappa shape index (κ2) is 5.20. The second-order valence-corrected chi connectivity index (χ2v) is 4.11. The summed E-state index contributed by atoms with van der Waals surface area (Å²) >= 11 is 2.00. The van der Waals surface area contributed by atoms with Crippen molar-refractivity contribution in [3.8, 4) is 0 Å². The fourth-order valence-corrected chi connectivity index (χ4v) is 2.22. The summed E-state index contributed by atoms with van der Waals surface area (Å²) in [5, 5.41) is 0.651. The van der Waals surface area contributed by atoms with E-state index in [1.54, 1.807) is 0 Å². The van der Waals surface area contributed by atoms with Crippen LogP contribution in [0.5, 0.6) is 0 Å². The van der Waals surface area contributed by atoms with Gasteiger partial charge in [0.2, 0.25) is 0 Å². The maximum Gasteiger partial charge on any atom is 0.0295 e. The topological polar surface area (TPSA) is 12.9 Å². The van der Waals surface area contributed by atoms with Gasteiger partial charge >= 0.3 is 0 Å². The van der Waals surface area contributed by atoms with Crippen LogP contribution in [0.2, 0.25) is 0 Å². The maximum absolute atomic E-state index is 4.01. The quantitative estimate of drug-likeness (QED) is 0.707. The summed E-state index contributed by atoms with van der Waals surface area (Å²) in [6.07, 6.45) is 4.94. The fourth-order valence-electron chi connectivity index (χ4n) is 1.23. The van der Waals surface area contributed by atoms with Gasteiger partial charge in [-0.15, -0.1) is 0 Å². The summed E-state index contributed by atoms with van der Waals surface area (Å²) in [5.41, 5.74) is 1.40. The van der Waals surface area contributed by atoms with Crippen LogP contribution in [0.25, 0.3) is 0 Å². The van der Waals surface area contributed by atoms with Crippen molar-refractivity contribution in [1.82, 2.24) is 4.98 Å². The van der Waals surface area contributed by atoms with Crippen molar-refractivity contribution in [2.45, 2.75) is 25.5 Å². The zero-order valence-electron chi connectivity index (χ0n) is 7.66. The highest BCUT2D eigenvalue weighted by Gasteiger charge is 2.06. The molecule has 0 aromatic carbocycles. The second-order valence-electron chi connectivity index (χ2n) is 2.63. The van der Waals surface area contributed by atoms with Gasteiger partial charge in [-0.2, -0.15) is 11.8 Å². The van der Waals surface area contributed by atoms with Crippen LogP contribution in [0.15, 0.2) is 24.5 Å². The Morgan fingerprint density at radius 1 is 1.33 bits per heavy atom. The van der Waals surface area contributed by atoms with E-state index in [9.17, 15) is 0 Å². The molecule has 1 nitrogen and oxygen atoms in total. The van der Waals surface area contributed by atoms with Crippen molar-refractivity contribution in [3.63, 3.8) is 0 Å². The molecule has 2 heteroatoms. The van der Waals surface area contributed by atoms with Crippen LogP contribution in [0.1, 0.15) is 31.1 Å². The van der Waals surface area contributed by atoms with Crippen LogP contribution < -0.4 is 0 Å². The molecule has 66 valence electrons. The molecular weight excluding hydrogens is 166 g/mol. The normalized spacial score (nSPS) is 12.8. The lowest BCUT2D eigenvalue weighted by molar-refractivity contribution is 0.892. The SMILES string of the molecule is CCSC(CC)c1ccncc1. The van der Waals surface area contributed by atoms with Gasteiger partial charge in [-0.25, -0.2) is 0 Å². The average Bonchev–Trinajstić information content (AvgIpc) is 2.15. The predicted octanol–water partition coefficient (Wildman–Crippen LogP) is 3.29. The number of hydrogen-bond donors (Lipinski definition) is 0. The molecular formula is C10H15NS. The van der Waals surface area contributed by atoms with E-state index < -0.39 is 0 Å². The maximum atomic E-state index is 4.01. The summed E-state index contributed by atoms with van der Waals surface area (Å²) in [7, 11) is 0. The van der Waals surface area contributed by atoms with E-state index in [0.29, 0.717) is 5.25 Å². The number of aromatic nitrogens is 1. The summed E-state index contributed by atoms with van der Waals surface area (Å²) in [5.74, 6) is 1.18. The average molecular weight is 181 g/mol. The zero-order valence-corrected chi connectivity index (χ0v) is 8.47. The van der Waals surface area contributed by atoms with Gasteiger partial charge in [-0.1, -0.05) is 13.8 Å². The number of hydrogen-bond acceptors (Lipinski definition) is 2. The van der Waals surface area contributed by atoms with E-state index in [1.165, 1.54) is 17.7 Å². The van der Waals surface area contributed by atoms with Gasteiger partial charge in [0.15, 0.2) is 0 Å². The molecule has 0 aliphatic rings. The number of nitrogens with zero attached hydrogens (tertiary/aromatic N) is 1. The van der Waals surface area contributed by atoms with Gasteiger partial charge in [-0.05, 0) is 29.9 Å². The van der Waals surface area contributed by atoms with Gasteiger partial charge in [0.1, 0.15) is 0 Å². The van der Waals surface area contributed by atoms with Crippen molar-refractivity contribution in [2.75, 3.05) is 5.75 Å². The molecule has 0 saturated heterocycles.